The van der Waals surface area contributed by atoms with E-state index in [1.165, 1.54) is 0 Å². The standard InChI is InChI=1S/C24H22Cl2N2O7/c1-2-10-27-22(29)20-21(35-13-34-20)23(30)28-19(24(31)32)11-14-6-8-15(9-7-14)33-12-16-17(25)4-3-5-18(16)26/h1,3-9,19-21H,10-13H2,(H,27,29)(H,28,30)(H,31,32)/t19-,20+,21+/m0/s1. The molecule has 0 aromatic heterocycles. The summed E-state index contributed by atoms with van der Waals surface area (Å²) < 4.78 is 16.0. The van der Waals surface area contributed by atoms with Crippen molar-refractivity contribution in [3.8, 4) is 18.1 Å². The van der Waals surface area contributed by atoms with Crippen LogP contribution in [0.3, 0.4) is 0 Å². The van der Waals surface area contributed by atoms with Crippen LogP contribution in [0.1, 0.15) is 11.1 Å². The minimum Gasteiger partial charge on any atom is -0.489 e. The number of aliphatic carboxylic acids is 1. The predicted octanol–water partition coefficient (Wildman–Crippen LogP) is 2.18. The molecular formula is C24H22Cl2N2O7. The first-order valence-electron chi connectivity index (χ1n) is 10.4. The topological polar surface area (TPSA) is 123 Å². The van der Waals surface area contributed by atoms with Gasteiger partial charge in [-0.3, -0.25) is 9.59 Å². The van der Waals surface area contributed by atoms with Gasteiger partial charge in [-0.15, -0.1) is 6.42 Å². The van der Waals surface area contributed by atoms with E-state index in [9.17, 15) is 19.5 Å². The number of carboxylic acid groups (broad SMARTS) is 1. The summed E-state index contributed by atoms with van der Waals surface area (Å²) in [5.74, 6) is 0.105. The average Bonchev–Trinajstić information content (AvgIpc) is 3.33. The van der Waals surface area contributed by atoms with Gasteiger partial charge in [0.15, 0.2) is 12.2 Å². The fraction of sp³-hybridized carbons (Fsp3) is 0.292. The summed E-state index contributed by atoms with van der Waals surface area (Å²) in [6, 6.07) is 10.6. The molecule has 0 saturated carbocycles. The van der Waals surface area contributed by atoms with Crippen molar-refractivity contribution in [2.24, 2.45) is 0 Å². The molecule has 1 fully saturated rings. The number of amides is 2. The molecular weight excluding hydrogens is 499 g/mol. The van der Waals surface area contributed by atoms with Crippen LogP contribution < -0.4 is 15.4 Å². The molecule has 11 heteroatoms. The van der Waals surface area contributed by atoms with E-state index >= 15 is 0 Å². The number of terminal acetylenes is 1. The lowest BCUT2D eigenvalue weighted by molar-refractivity contribution is -0.144. The summed E-state index contributed by atoms with van der Waals surface area (Å²) in [5.41, 5.74) is 1.28. The summed E-state index contributed by atoms with van der Waals surface area (Å²) >= 11 is 12.3. The van der Waals surface area contributed by atoms with Crippen LogP contribution in [0.5, 0.6) is 5.75 Å². The molecule has 2 aromatic carbocycles. The zero-order valence-corrected chi connectivity index (χ0v) is 19.8. The van der Waals surface area contributed by atoms with Gasteiger partial charge in [0.1, 0.15) is 25.2 Å². The van der Waals surface area contributed by atoms with Gasteiger partial charge < -0.3 is 30.0 Å². The fourth-order valence-electron chi connectivity index (χ4n) is 3.26. The highest BCUT2D eigenvalue weighted by Crippen LogP contribution is 2.26. The maximum Gasteiger partial charge on any atom is 0.326 e. The van der Waals surface area contributed by atoms with Crippen LogP contribution in [0, 0.1) is 12.3 Å². The van der Waals surface area contributed by atoms with E-state index in [0.29, 0.717) is 26.9 Å². The summed E-state index contributed by atoms with van der Waals surface area (Å²) in [4.78, 5) is 36.5. The van der Waals surface area contributed by atoms with Gasteiger partial charge in [-0.1, -0.05) is 47.3 Å². The molecule has 35 heavy (non-hydrogen) atoms. The van der Waals surface area contributed by atoms with E-state index < -0.39 is 36.0 Å². The van der Waals surface area contributed by atoms with Crippen molar-refractivity contribution in [2.75, 3.05) is 13.3 Å². The number of ether oxygens (including phenoxy) is 3. The molecule has 0 aliphatic carbocycles. The summed E-state index contributed by atoms with van der Waals surface area (Å²) in [7, 11) is 0. The Morgan fingerprint density at radius 2 is 1.71 bits per heavy atom. The monoisotopic (exact) mass is 520 g/mol. The van der Waals surface area contributed by atoms with E-state index in [-0.39, 0.29) is 26.4 Å². The Hall–Kier alpha value is -3.29. The van der Waals surface area contributed by atoms with Crippen LogP contribution >= 0.6 is 23.2 Å². The van der Waals surface area contributed by atoms with Gasteiger partial charge in [-0.2, -0.15) is 0 Å². The molecule has 0 radical (unpaired) electrons. The van der Waals surface area contributed by atoms with Crippen LogP contribution in [0.15, 0.2) is 42.5 Å². The second kappa shape index (κ2) is 12.4. The van der Waals surface area contributed by atoms with Crippen LogP contribution in [0.4, 0.5) is 0 Å². The maximum atomic E-state index is 12.6. The summed E-state index contributed by atoms with van der Waals surface area (Å²) in [6.07, 6.45) is 2.55. The first-order chi connectivity index (χ1) is 16.8. The Balaban J connectivity index is 1.59. The highest BCUT2D eigenvalue weighted by molar-refractivity contribution is 6.35. The number of rotatable bonds is 10. The SMILES string of the molecule is C#CCNC(=O)[C@@H]1OCO[C@H]1C(=O)N[C@@H](Cc1ccc(OCc2c(Cl)cccc2Cl)cc1)C(=O)O. The van der Waals surface area contributed by atoms with Crippen molar-refractivity contribution in [3.63, 3.8) is 0 Å². The lowest BCUT2D eigenvalue weighted by Gasteiger charge is -2.19. The molecule has 0 unspecified atom stereocenters. The van der Waals surface area contributed by atoms with Crippen LogP contribution in [0.2, 0.25) is 10.0 Å². The molecule has 1 saturated heterocycles. The van der Waals surface area contributed by atoms with Crippen LogP contribution in [0.25, 0.3) is 0 Å². The molecule has 3 atom stereocenters. The summed E-state index contributed by atoms with van der Waals surface area (Å²) in [5, 5.41) is 15.4. The minimum atomic E-state index is -1.30. The molecule has 0 spiro atoms. The van der Waals surface area contributed by atoms with Gasteiger partial charge in [0.25, 0.3) is 11.8 Å². The Labute approximate surface area is 211 Å². The molecule has 184 valence electrons. The van der Waals surface area contributed by atoms with Crippen molar-refractivity contribution in [1.29, 1.82) is 0 Å². The number of carboxylic acids is 1. The van der Waals surface area contributed by atoms with Crippen LogP contribution in [-0.2, 0) is 36.9 Å². The lowest BCUT2D eigenvalue weighted by atomic mass is 10.0. The van der Waals surface area contributed by atoms with Crippen molar-refractivity contribution < 1.29 is 33.7 Å². The highest BCUT2D eigenvalue weighted by atomic mass is 35.5. The third-order valence-electron chi connectivity index (χ3n) is 5.07. The zero-order valence-electron chi connectivity index (χ0n) is 18.3. The van der Waals surface area contributed by atoms with Crippen molar-refractivity contribution >= 4 is 41.0 Å². The first kappa shape index (κ1) is 26.3. The van der Waals surface area contributed by atoms with E-state index in [4.69, 9.17) is 43.8 Å². The van der Waals surface area contributed by atoms with Gasteiger partial charge >= 0.3 is 5.97 Å². The molecule has 3 N–H and O–H groups in total. The second-order valence-corrected chi connectivity index (χ2v) is 8.27. The Kier molecular flexibility index (Phi) is 9.34. The third kappa shape index (κ3) is 7.10. The third-order valence-corrected chi connectivity index (χ3v) is 5.78. The number of carbonyl (C=O) groups excluding carboxylic acids is 2. The number of benzene rings is 2. The van der Waals surface area contributed by atoms with E-state index in [1.54, 1.807) is 42.5 Å². The van der Waals surface area contributed by atoms with Gasteiger partial charge in [0, 0.05) is 22.0 Å². The maximum absolute atomic E-state index is 12.6. The number of carbonyl (C=O) groups is 3. The lowest BCUT2D eigenvalue weighted by Crippen LogP contribution is -2.52. The Morgan fingerprint density at radius 1 is 1.09 bits per heavy atom. The molecule has 2 aromatic rings. The number of halogens is 2. The van der Waals surface area contributed by atoms with Crippen molar-refractivity contribution in [2.45, 2.75) is 31.3 Å². The smallest absolute Gasteiger partial charge is 0.326 e. The Morgan fingerprint density at radius 3 is 2.31 bits per heavy atom. The van der Waals surface area contributed by atoms with E-state index in [0.717, 1.165) is 0 Å². The van der Waals surface area contributed by atoms with E-state index in [1.807, 2.05) is 0 Å². The largest absolute Gasteiger partial charge is 0.489 e. The normalized spacial score (nSPS) is 17.7. The van der Waals surface area contributed by atoms with Crippen molar-refractivity contribution in [3.05, 3.63) is 63.6 Å². The molecule has 1 heterocycles. The molecule has 2 amide bonds. The number of nitrogens with one attached hydrogen (secondary N) is 2. The predicted molar refractivity (Wildman–Crippen MR) is 127 cm³/mol. The molecule has 3 rings (SSSR count). The Bertz CT molecular complexity index is 1100. The van der Waals surface area contributed by atoms with Gasteiger partial charge in [-0.25, -0.2) is 4.79 Å². The van der Waals surface area contributed by atoms with Crippen molar-refractivity contribution in [1.82, 2.24) is 10.6 Å². The summed E-state index contributed by atoms with van der Waals surface area (Å²) in [6.45, 7) is -0.175. The van der Waals surface area contributed by atoms with Crippen LogP contribution in [-0.4, -0.2) is 54.5 Å². The van der Waals surface area contributed by atoms with Gasteiger partial charge in [-0.05, 0) is 29.8 Å². The highest BCUT2D eigenvalue weighted by Gasteiger charge is 2.41. The first-order valence-corrected chi connectivity index (χ1v) is 11.2. The molecule has 0 bridgehead atoms. The average molecular weight is 521 g/mol. The molecule has 1 aliphatic rings. The zero-order chi connectivity index (χ0) is 25.4. The molecule has 1 aliphatic heterocycles. The quantitative estimate of drug-likeness (QED) is 0.410. The van der Waals surface area contributed by atoms with Gasteiger partial charge in [0.05, 0.1) is 6.54 Å². The molecule has 9 nitrogen and oxygen atoms in total. The number of hydrogen-bond acceptors (Lipinski definition) is 6. The van der Waals surface area contributed by atoms with Gasteiger partial charge in [0.2, 0.25) is 0 Å². The number of hydrogen-bond donors (Lipinski definition) is 3. The second-order valence-electron chi connectivity index (χ2n) is 7.45. The van der Waals surface area contributed by atoms with E-state index in [2.05, 4.69) is 16.6 Å². The minimum absolute atomic E-state index is 0.0147. The fourth-order valence-corrected chi connectivity index (χ4v) is 3.77.